The smallest absolute Gasteiger partial charge is 0.409 e. The van der Waals surface area contributed by atoms with E-state index in [1.807, 2.05) is 6.92 Å². The number of halogens is 3. The van der Waals surface area contributed by atoms with Gasteiger partial charge in [-0.1, -0.05) is 6.08 Å². The van der Waals surface area contributed by atoms with Gasteiger partial charge in [0.2, 0.25) is 0 Å². The summed E-state index contributed by atoms with van der Waals surface area (Å²) < 4.78 is 43.4. The van der Waals surface area contributed by atoms with E-state index in [1.165, 1.54) is 0 Å². The van der Waals surface area contributed by atoms with E-state index < -0.39 is 12.8 Å². The molecule has 1 aliphatic heterocycles. The summed E-state index contributed by atoms with van der Waals surface area (Å²) >= 11 is 0. The van der Waals surface area contributed by atoms with Crippen molar-refractivity contribution in [3.63, 3.8) is 0 Å². The van der Waals surface area contributed by atoms with Crippen LogP contribution in [-0.2, 0) is 14.3 Å². The highest BCUT2D eigenvalue weighted by molar-refractivity contribution is 5.69. The van der Waals surface area contributed by atoms with Gasteiger partial charge in [-0.2, -0.15) is 13.2 Å². The highest BCUT2D eigenvalue weighted by Crippen LogP contribution is 2.15. The number of cyclic esters (lactones) is 1. The van der Waals surface area contributed by atoms with E-state index in [0.29, 0.717) is 19.1 Å². The largest absolute Gasteiger partial charge is 0.463 e. The Kier molecular flexibility index (Phi) is 9.24. The van der Waals surface area contributed by atoms with Crippen LogP contribution in [0.15, 0.2) is 12.2 Å². The van der Waals surface area contributed by atoms with Crippen LogP contribution in [0.2, 0.25) is 0 Å². The number of rotatable bonds is 1. The van der Waals surface area contributed by atoms with Crippen LogP contribution in [0.25, 0.3) is 0 Å². The molecule has 0 radical (unpaired) electrons. The molecule has 0 amide bonds. The minimum absolute atomic E-state index is 0.00694. The second-order valence-corrected chi connectivity index (χ2v) is 3.93. The Morgan fingerprint density at radius 3 is 2.63 bits per heavy atom. The number of esters is 1. The summed E-state index contributed by atoms with van der Waals surface area (Å²) in [6.45, 7) is 2.61. The third-order valence-electron chi connectivity index (χ3n) is 2.09. The maximum Gasteiger partial charge on any atom is 0.409 e. The standard InChI is InChI=1S/C8H14O3.C4H5F3O/c1-7-3-2-5-10-6-4-8(9)11-7;5-4(6,7)2-1-3-8/h7H,2-6H2,1H3;1-2,8H,3H2/b;2-1+. The van der Waals surface area contributed by atoms with E-state index in [4.69, 9.17) is 14.6 Å². The lowest BCUT2D eigenvalue weighted by Gasteiger charge is -2.09. The molecule has 7 heteroatoms. The number of ether oxygens (including phenoxy) is 2. The maximum atomic E-state index is 11.0. The van der Waals surface area contributed by atoms with Crippen LogP contribution in [0.1, 0.15) is 26.2 Å². The van der Waals surface area contributed by atoms with Crippen molar-refractivity contribution < 1.29 is 32.5 Å². The van der Waals surface area contributed by atoms with Crippen molar-refractivity contribution in [3.05, 3.63) is 12.2 Å². The molecular formula is C12H19F3O4. The molecular weight excluding hydrogens is 265 g/mol. The zero-order valence-electron chi connectivity index (χ0n) is 10.8. The molecule has 1 N–H and O–H groups in total. The minimum Gasteiger partial charge on any atom is -0.463 e. The van der Waals surface area contributed by atoms with E-state index in [2.05, 4.69) is 0 Å². The fraction of sp³-hybridized carbons (Fsp3) is 0.750. The molecule has 1 heterocycles. The Hall–Kier alpha value is -1.08. The van der Waals surface area contributed by atoms with Gasteiger partial charge in [0.1, 0.15) is 0 Å². The molecule has 1 fully saturated rings. The van der Waals surface area contributed by atoms with Crippen molar-refractivity contribution >= 4 is 5.97 Å². The SMILES string of the molecule is CC1CCCOCCC(=O)O1.OC/C=C/C(F)(F)F. The second-order valence-electron chi connectivity index (χ2n) is 3.93. The molecule has 1 saturated heterocycles. The fourth-order valence-electron chi connectivity index (χ4n) is 1.26. The first kappa shape index (κ1) is 17.9. The highest BCUT2D eigenvalue weighted by Gasteiger charge is 2.21. The lowest BCUT2D eigenvalue weighted by molar-refractivity contribution is -0.148. The third kappa shape index (κ3) is 13.2. The number of hydrogen-bond donors (Lipinski definition) is 1. The Balaban J connectivity index is 0.000000362. The molecule has 0 spiro atoms. The minimum atomic E-state index is -4.29. The van der Waals surface area contributed by atoms with Crippen LogP contribution in [0.5, 0.6) is 0 Å². The van der Waals surface area contributed by atoms with Crippen molar-refractivity contribution in [3.8, 4) is 0 Å². The molecule has 112 valence electrons. The number of carbonyl (C=O) groups excluding carboxylic acids is 1. The van der Waals surface area contributed by atoms with Crippen LogP contribution < -0.4 is 0 Å². The third-order valence-corrected chi connectivity index (χ3v) is 2.09. The van der Waals surface area contributed by atoms with Gasteiger partial charge in [-0.25, -0.2) is 0 Å². The molecule has 1 aliphatic rings. The van der Waals surface area contributed by atoms with Crippen molar-refractivity contribution in [2.45, 2.75) is 38.5 Å². The lowest BCUT2D eigenvalue weighted by Crippen LogP contribution is -2.14. The van der Waals surface area contributed by atoms with Crippen molar-refractivity contribution in [1.82, 2.24) is 0 Å². The summed E-state index contributed by atoms with van der Waals surface area (Å²) in [7, 11) is 0. The van der Waals surface area contributed by atoms with Crippen LogP contribution in [0, 0.1) is 0 Å². The second kappa shape index (κ2) is 9.80. The molecule has 4 nitrogen and oxygen atoms in total. The number of carbonyl (C=O) groups is 1. The Labute approximate surface area is 110 Å². The van der Waals surface area contributed by atoms with Gasteiger partial charge in [-0.05, 0) is 19.8 Å². The summed E-state index contributed by atoms with van der Waals surface area (Å²) in [5.74, 6) is -0.139. The summed E-state index contributed by atoms with van der Waals surface area (Å²) in [6.07, 6.45) is -1.32. The van der Waals surface area contributed by atoms with Gasteiger partial charge in [0.05, 0.1) is 25.7 Å². The highest BCUT2D eigenvalue weighted by atomic mass is 19.4. The quantitative estimate of drug-likeness (QED) is 0.592. The van der Waals surface area contributed by atoms with E-state index in [-0.39, 0.29) is 18.1 Å². The molecule has 0 aromatic carbocycles. The average Bonchev–Trinajstić information content (AvgIpc) is 2.38. The molecule has 0 bridgehead atoms. The maximum absolute atomic E-state index is 11.0. The Bertz CT molecular complexity index is 277. The Morgan fingerprint density at radius 2 is 2.11 bits per heavy atom. The Morgan fingerprint density at radius 1 is 1.42 bits per heavy atom. The van der Waals surface area contributed by atoms with Crippen LogP contribution in [0.4, 0.5) is 13.2 Å². The first-order valence-electron chi connectivity index (χ1n) is 5.97. The molecule has 19 heavy (non-hydrogen) atoms. The molecule has 0 aromatic rings. The first-order valence-corrected chi connectivity index (χ1v) is 5.97. The summed E-state index contributed by atoms with van der Waals surface area (Å²) in [5, 5.41) is 7.84. The number of aliphatic hydroxyl groups excluding tert-OH is 1. The van der Waals surface area contributed by atoms with Crippen LogP contribution >= 0.6 is 0 Å². The van der Waals surface area contributed by atoms with Gasteiger partial charge in [-0.15, -0.1) is 0 Å². The number of hydrogen-bond acceptors (Lipinski definition) is 4. The predicted molar refractivity (Wildman–Crippen MR) is 62.5 cm³/mol. The monoisotopic (exact) mass is 284 g/mol. The van der Waals surface area contributed by atoms with E-state index in [9.17, 15) is 18.0 Å². The average molecular weight is 284 g/mol. The topological polar surface area (TPSA) is 55.8 Å². The molecule has 0 aliphatic carbocycles. The van der Waals surface area contributed by atoms with E-state index in [1.54, 1.807) is 0 Å². The van der Waals surface area contributed by atoms with Crippen molar-refractivity contribution in [1.29, 1.82) is 0 Å². The molecule has 1 rings (SSSR count). The summed E-state index contributed by atoms with van der Waals surface area (Å²) in [6, 6.07) is 0. The predicted octanol–water partition coefficient (Wildman–Crippen LogP) is 2.22. The molecule has 1 unspecified atom stereocenters. The van der Waals surface area contributed by atoms with Crippen molar-refractivity contribution in [2.75, 3.05) is 19.8 Å². The van der Waals surface area contributed by atoms with Crippen LogP contribution in [-0.4, -0.2) is 43.2 Å². The molecule has 0 saturated carbocycles. The van der Waals surface area contributed by atoms with Crippen molar-refractivity contribution in [2.24, 2.45) is 0 Å². The summed E-state index contributed by atoms with van der Waals surface area (Å²) in [5.41, 5.74) is 0. The normalized spacial score (nSPS) is 21.7. The fourth-order valence-corrected chi connectivity index (χ4v) is 1.26. The molecule has 0 aromatic heterocycles. The number of aliphatic hydroxyl groups is 1. The zero-order valence-corrected chi connectivity index (χ0v) is 10.8. The zero-order chi connectivity index (χ0) is 14.7. The van der Waals surface area contributed by atoms with E-state index in [0.717, 1.165) is 19.4 Å². The van der Waals surface area contributed by atoms with E-state index >= 15 is 0 Å². The number of allylic oxidation sites excluding steroid dienone is 1. The van der Waals surface area contributed by atoms with Gasteiger partial charge in [0.15, 0.2) is 0 Å². The van der Waals surface area contributed by atoms with Gasteiger partial charge >= 0.3 is 12.1 Å². The van der Waals surface area contributed by atoms with Gasteiger partial charge in [-0.3, -0.25) is 4.79 Å². The number of alkyl halides is 3. The first-order chi connectivity index (χ1) is 8.85. The summed E-state index contributed by atoms with van der Waals surface area (Å²) in [4.78, 5) is 10.9. The van der Waals surface area contributed by atoms with Gasteiger partial charge in [0, 0.05) is 12.7 Å². The van der Waals surface area contributed by atoms with Gasteiger partial charge < -0.3 is 14.6 Å². The lowest BCUT2D eigenvalue weighted by atomic mass is 10.2. The van der Waals surface area contributed by atoms with Crippen LogP contribution in [0.3, 0.4) is 0 Å². The molecule has 1 atom stereocenters. The van der Waals surface area contributed by atoms with Gasteiger partial charge in [0.25, 0.3) is 0 Å².